The molecule has 0 fully saturated rings. The van der Waals surface area contributed by atoms with Crippen LogP contribution in [-0.4, -0.2) is 53.1 Å². The Kier molecular flexibility index (Phi) is 6.84. The van der Waals surface area contributed by atoms with Gasteiger partial charge in [0, 0.05) is 7.11 Å². The quantitative estimate of drug-likeness (QED) is 0.556. The number of ether oxygens (including phenoxy) is 2. The lowest BCUT2D eigenvalue weighted by atomic mass is 10.1. The second kappa shape index (κ2) is 7.28. The molecule has 0 unspecified atom stereocenters. The van der Waals surface area contributed by atoms with E-state index < -0.39 is 22.8 Å². The Bertz CT molecular complexity index is 382. The van der Waals surface area contributed by atoms with Crippen LogP contribution in [-0.2, 0) is 19.1 Å². The molecule has 22 heavy (non-hydrogen) atoms. The number of hydrazine groups is 1. The standard InChI is InChI=1S/C15H30N2O5/c1-13(2,3)21-12(19)17(15(7,8)10-20-9)16(11-18)22-14(4,5)6/h11H,10H2,1-9H3. The minimum absolute atomic E-state index is 0.198. The lowest BCUT2D eigenvalue weighted by Gasteiger charge is -2.43. The molecule has 7 nitrogen and oxygen atoms in total. The first-order valence-corrected chi connectivity index (χ1v) is 7.19. The summed E-state index contributed by atoms with van der Waals surface area (Å²) in [4.78, 5) is 29.5. The summed E-state index contributed by atoms with van der Waals surface area (Å²) in [6, 6.07) is 0. The van der Waals surface area contributed by atoms with E-state index in [0.29, 0.717) is 6.41 Å². The molecule has 0 N–H and O–H groups in total. The SMILES string of the molecule is COCC(C)(C)N(C(=O)OC(C)(C)C)N(C=O)OC(C)(C)C. The van der Waals surface area contributed by atoms with Gasteiger partial charge in [0.25, 0.3) is 6.41 Å². The first kappa shape index (κ1) is 20.7. The summed E-state index contributed by atoms with van der Waals surface area (Å²) >= 11 is 0. The normalized spacial score (nSPS) is 12.8. The van der Waals surface area contributed by atoms with Crippen LogP contribution in [0.5, 0.6) is 0 Å². The lowest BCUT2D eigenvalue weighted by molar-refractivity contribution is -0.309. The Balaban J connectivity index is 5.57. The fraction of sp³-hybridized carbons (Fsp3) is 0.867. The van der Waals surface area contributed by atoms with Gasteiger partial charge < -0.3 is 9.47 Å². The molecule has 0 bridgehead atoms. The van der Waals surface area contributed by atoms with Crippen molar-refractivity contribution in [3.63, 3.8) is 0 Å². The maximum absolute atomic E-state index is 12.5. The van der Waals surface area contributed by atoms with Gasteiger partial charge in [0.1, 0.15) is 5.60 Å². The molecular weight excluding hydrogens is 288 g/mol. The number of hydroxylamine groups is 1. The third-order valence-corrected chi connectivity index (χ3v) is 2.29. The van der Waals surface area contributed by atoms with Crippen molar-refractivity contribution in [3.8, 4) is 0 Å². The number of nitrogens with zero attached hydrogens (tertiary/aromatic N) is 2. The molecule has 0 aromatic rings. The zero-order valence-corrected chi connectivity index (χ0v) is 15.2. The molecule has 0 radical (unpaired) electrons. The Morgan fingerprint density at radius 3 is 1.82 bits per heavy atom. The Morgan fingerprint density at radius 2 is 1.50 bits per heavy atom. The number of methoxy groups -OCH3 is 1. The van der Waals surface area contributed by atoms with Crippen LogP contribution < -0.4 is 0 Å². The van der Waals surface area contributed by atoms with Crippen LogP contribution >= 0.6 is 0 Å². The van der Waals surface area contributed by atoms with Gasteiger partial charge in [-0.05, 0) is 55.4 Å². The van der Waals surface area contributed by atoms with Gasteiger partial charge in [0.15, 0.2) is 0 Å². The molecule has 0 aliphatic carbocycles. The number of hydrogen-bond donors (Lipinski definition) is 0. The number of hydrogen-bond acceptors (Lipinski definition) is 5. The van der Waals surface area contributed by atoms with Gasteiger partial charge in [-0.2, -0.15) is 5.01 Å². The highest BCUT2D eigenvalue weighted by molar-refractivity contribution is 5.70. The summed E-state index contributed by atoms with van der Waals surface area (Å²) in [6.45, 7) is 14.3. The summed E-state index contributed by atoms with van der Waals surface area (Å²) in [5.74, 6) is 0. The fourth-order valence-corrected chi connectivity index (χ4v) is 1.70. The molecule has 0 aliphatic rings. The molecule has 0 aliphatic heterocycles. The summed E-state index contributed by atoms with van der Waals surface area (Å²) in [5.41, 5.74) is -2.21. The van der Waals surface area contributed by atoms with Crippen molar-refractivity contribution in [1.29, 1.82) is 0 Å². The van der Waals surface area contributed by atoms with Gasteiger partial charge in [-0.15, -0.1) is 5.17 Å². The molecule has 130 valence electrons. The van der Waals surface area contributed by atoms with Gasteiger partial charge >= 0.3 is 6.09 Å². The molecule has 0 spiro atoms. The maximum atomic E-state index is 12.5. The van der Waals surface area contributed by atoms with Crippen LogP contribution in [0, 0.1) is 0 Å². The van der Waals surface area contributed by atoms with Crippen LogP contribution in [0.1, 0.15) is 55.4 Å². The summed E-state index contributed by atoms with van der Waals surface area (Å²) in [6.07, 6.45) is -0.252. The fourth-order valence-electron chi connectivity index (χ4n) is 1.70. The molecule has 0 rings (SSSR count). The summed E-state index contributed by atoms with van der Waals surface area (Å²) < 4.78 is 10.5. The van der Waals surface area contributed by atoms with E-state index in [4.69, 9.17) is 14.3 Å². The van der Waals surface area contributed by atoms with Gasteiger partial charge in [0.05, 0.1) is 17.7 Å². The Morgan fingerprint density at radius 1 is 1.00 bits per heavy atom. The lowest BCUT2D eigenvalue weighted by Crippen LogP contribution is -2.60. The van der Waals surface area contributed by atoms with Gasteiger partial charge in [-0.1, -0.05) is 0 Å². The van der Waals surface area contributed by atoms with Crippen molar-refractivity contribution in [2.75, 3.05) is 13.7 Å². The van der Waals surface area contributed by atoms with E-state index in [2.05, 4.69) is 0 Å². The molecule has 7 heteroatoms. The molecule has 2 amide bonds. The van der Waals surface area contributed by atoms with E-state index in [1.165, 1.54) is 7.11 Å². The van der Waals surface area contributed by atoms with Crippen LogP contribution in [0.15, 0.2) is 0 Å². The van der Waals surface area contributed by atoms with E-state index in [9.17, 15) is 9.59 Å². The predicted molar refractivity (Wildman–Crippen MR) is 82.8 cm³/mol. The predicted octanol–water partition coefficient (Wildman–Crippen LogP) is 2.75. The van der Waals surface area contributed by atoms with Crippen molar-refractivity contribution in [2.24, 2.45) is 0 Å². The van der Waals surface area contributed by atoms with Gasteiger partial charge in [-0.3, -0.25) is 4.79 Å². The smallest absolute Gasteiger partial charge is 0.431 e. The van der Waals surface area contributed by atoms with E-state index in [0.717, 1.165) is 10.2 Å². The zero-order chi connectivity index (χ0) is 17.8. The third kappa shape index (κ3) is 7.09. The molecule has 0 aromatic heterocycles. The second-order valence-corrected chi connectivity index (χ2v) is 7.65. The highest BCUT2D eigenvalue weighted by Gasteiger charge is 2.40. The van der Waals surface area contributed by atoms with Crippen molar-refractivity contribution < 1.29 is 23.9 Å². The first-order chi connectivity index (χ1) is 9.73. The zero-order valence-electron chi connectivity index (χ0n) is 15.2. The van der Waals surface area contributed by atoms with Crippen LogP contribution in [0.4, 0.5) is 4.79 Å². The van der Waals surface area contributed by atoms with E-state index in [1.54, 1.807) is 55.4 Å². The van der Waals surface area contributed by atoms with E-state index in [-0.39, 0.29) is 6.61 Å². The number of carbonyl (C=O) groups is 2. The number of carbonyl (C=O) groups excluding carboxylic acids is 2. The average Bonchev–Trinajstić information content (AvgIpc) is 2.22. The highest BCUT2D eigenvalue weighted by Crippen LogP contribution is 2.23. The topological polar surface area (TPSA) is 68.3 Å². The number of rotatable bonds is 6. The molecule has 0 aromatic carbocycles. The Labute approximate surface area is 133 Å². The van der Waals surface area contributed by atoms with Crippen LogP contribution in [0.2, 0.25) is 0 Å². The van der Waals surface area contributed by atoms with Crippen molar-refractivity contribution in [2.45, 2.75) is 72.1 Å². The molecule has 0 saturated heterocycles. The van der Waals surface area contributed by atoms with Gasteiger partial charge in [-0.25, -0.2) is 9.63 Å². The number of amides is 2. The molecule has 0 saturated carbocycles. The highest BCUT2D eigenvalue weighted by atomic mass is 16.7. The minimum Gasteiger partial charge on any atom is -0.442 e. The van der Waals surface area contributed by atoms with Crippen LogP contribution in [0.3, 0.4) is 0 Å². The third-order valence-electron chi connectivity index (χ3n) is 2.29. The second-order valence-electron chi connectivity index (χ2n) is 7.65. The van der Waals surface area contributed by atoms with E-state index in [1.807, 2.05) is 0 Å². The largest absolute Gasteiger partial charge is 0.442 e. The maximum Gasteiger partial charge on any atom is 0.431 e. The minimum atomic E-state index is -0.844. The molecule has 0 atom stereocenters. The summed E-state index contributed by atoms with van der Waals surface area (Å²) in [7, 11) is 1.52. The molecule has 0 heterocycles. The van der Waals surface area contributed by atoms with Crippen LogP contribution in [0.25, 0.3) is 0 Å². The first-order valence-electron chi connectivity index (χ1n) is 7.19. The van der Waals surface area contributed by atoms with Crippen molar-refractivity contribution in [1.82, 2.24) is 10.2 Å². The molecular formula is C15H30N2O5. The summed E-state index contributed by atoms with van der Waals surface area (Å²) in [5, 5.41) is 1.99. The van der Waals surface area contributed by atoms with E-state index >= 15 is 0 Å². The Hall–Kier alpha value is -1.34. The monoisotopic (exact) mass is 318 g/mol. The van der Waals surface area contributed by atoms with Crippen molar-refractivity contribution >= 4 is 12.5 Å². The van der Waals surface area contributed by atoms with Gasteiger partial charge in [0.2, 0.25) is 0 Å². The average molecular weight is 318 g/mol. The van der Waals surface area contributed by atoms with Crippen molar-refractivity contribution in [3.05, 3.63) is 0 Å².